The minimum absolute atomic E-state index is 0.103. The van der Waals surface area contributed by atoms with Crippen molar-refractivity contribution >= 4 is 52.3 Å². The molecule has 4 heteroatoms. The van der Waals surface area contributed by atoms with Gasteiger partial charge in [0.25, 0.3) is 0 Å². The summed E-state index contributed by atoms with van der Waals surface area (Å²) < 4.78 is 1.07. The van der Waals surface area contributed by atoms with Gasteiger partial charge in [0.05, 0.1) is 0 Å². The molecule has 1 heterocycles. The van der Waals surface area contributed by atoms with E-state index in [-0.39, 0.29) is 7.25 Å². The fourth-order valence-electron chi connectivity index (χ4n) is 11.0. The van der Waals surface area contributed by atoms with Crippen LogP contribution >= 0.6 is 17.0 Å². The van der Waals surface area contributed by atoms with Crippen molar-refractivity contribution in [3.8, 4) is 33.4 Å². The maximum absolute atomic E-state index is 9.18. The molecular weight excluding hydrogens is 815 g/mol. The third-order valence-electron chi connectivity index (χ3n) is 13.4. The average Bonchev–Trinajstić information content (AvgIpc) is 3.84. The van der Waals surface area contributed by atoms with Crippen LogP contribution in [0, 0.1) is 13.8 Å². The van der Waals surface area contributed by atoms with Gasteiger partial charge >= 0.3 is 348 Å². The molecule has 0 nitrogen and oxygen atoms in total. The first kappa shape index (κ1) is 38.0. The van der Waals surface area contributed by atoms with E-state index in [1.807, 2.05) is 0 Å². The maximum atomic E-state index is 9.18. The topological polar surface area (TPSA) is 0 Å². The van der Waals surface area contributed by atoms with Crippen LogP contribution in [0.5, 0.6) is 0 Å². The molecule has 0 bridgehead atoms. The quantitative estimate of drug-likeness (QED) is 0.140. The Morgan fingerprint density at radius 2 is 0.946 bits per heavy atom. The predicted molar refractivity (Wildman–Crippen MR) is 245 cm³/mol. The Morgan fingerprint density at radius 1 is 0.500 bits per heavy atom. The number of allylic oxidation sites excluding steroid dienone is 2. The number of rotatable bonds is 7. The molecule has 6 aromatic rings. The predicted octanol–water partition coefficient (Wildman–Crippen LogP) is 12.9. The molecule has 56 heavy (non-hydrogen) atoms. The first-order valence-corrected chi connectivity index (χ1v) is 32.2. The number of benzene rings is 6. The van der Waals surface area contributed by atoms with Gasteiger partial charge in [-0.2, -0.15) is 0 Å². The Morgan fingerprint density at radius 3 is 1.43 bits per heavy atom. The summed E-state index contributed by atoms with van der Waals surface area (Å²) in [7, 11) is 17.5. The second-order valence-corrected chi connectivity index (χ2v) is 39.9. The zero-order valence-corrected chi connectivity index (χ0v) is 39.3. The van der Waals surface area contributed by atoms with Crippen LogP contribution in [0.3, 0.4) is 0 Å². The molecule has 2 unspecified atom stereocenters. The van der Waals surface area contributed by atoms with Crippen LogP contribution in [-0.4, -0.2) is 9.52 Å². The van der Waals surface area contributed by atoms with Crippen LogP contribution in [0.1, 0.15) is 105 Å². The molecule has 2 aliphatic carbocycles. The molecule has 0 N–H and O–H groups in total. The second-order valence-electron chi connectivity index (χ2n) is 17.5. The van der Waals surface area contributed by atoms with Crippen LogP contribution < -0.4 is 13.6 Å². The zero-order valence-electron chi connectivity index (χ0n) is 33.9. The summed E-state index contributed by atoms with van der Waals surface area (Å²) in [6.45, 7) is 18.4. The van der Waals surface area contributed by atoms with E-state index in [1.165, 1.54) is 103 Å². The van der Waals surface area contributed by atoms with Gasteiger partial charge in [0, 0.05) is 0 Å². The second kappa shape index (κ2) is 13.8. The Hall–Kier alpha value is -3.52. The summed E-state index contributed by atoms with van der Waals surface area (Å²) in [5.41, 5.74) is 21.1. The SMILES string of the molecule is CC1=Cc2c(ccc(C(C)C)c2-c2ccccc2C)[CH]1[Zr]([Cl])([Cl])([c]1cccc2c1[SiH2]c1ccccc1-2)[CH]1C(C)=Cc2c1ccc(C(C)C)c2-c1ccccc1C. The van der Waals surface area contributed by atoms with Crippen molar-refractivity contribution in [2.24, 2.45) is 0 Å². The standard InChI is InChI=1S/2C20H21.C12H9Si.2ClH.Zr/c2*1-13(2)17-10-9-16-11-14(3)12-19(16)20(17)18-8-6-5-7-15(18)4;1-3-7-11-9(5-1)10-6-2-4-8-12(10)13-11;;;/h2*5-13H,1-4H3;1-7H,13H2;2*1H;/q;;;;;+2/p-2. The normalized spacial score (nSPS) is 18.0. The number of halogens is 2. The zero-order chi connectivity index (χ0) is 39.3. The van der Waals surface area contributed by atoms with E-state index >= 15 is 0 Å². The third-order valence-corrected chi connectivity index (χ3v) is 36.6. The third kappa shape index (κ3) is 5.53. The molecule has 2 atom stereocenters. The van der Waals surface area contributed by atoms with Crippen molar-refractivity contribution in [1.82, 2.24) is 0 Å². The van der Waals surface area contributed by atoms with Crippen molar-refractivity contribution in [2.75, 3.05) is 0 Å². The van der Waals surface area contributed by atoms with E-state index in [9.17, 15) is 17.0 Å². The number of hydrogen-bond donors (Lipinski definition) is 0. The molecule has 1 aliphatic heterocycles. The van der Waals surface area contributed by atoms with E-state index in [4.69, 9.17) is 0 Å². The Bertz CT molecular complexity index is 2540. The Balaban J connectivity index is 1.37. The Kier molecular flexibility index (Phi) is 9.37. The van der Waals surface area contributed by atoms with E-state index in [0.717, 1.165) is 0 Å². The van der Waals surface area contributed by atoms with Crippen molar-refractivity contribution in [1.29, 1.82) is 0 Å². The molecule has 0 fully saturated rings. The summed E-state index contributed by atoms with van der Waals surface area (Å²) in [6.07, 6.45) is 4.94. The summed E-state index contributed by atoms with van der Waals surface area (Å²) in [5.74, 6) is 0.723. The molecule has 0 spiro atoms. The van der Waals surface area contributed by atoms with Crippen molar-refractivity contribution in [3.63, 3.8) is 0 Å². The summed E-state index contributed by atoms with van der Waals surface area (Å²) in [5, 5.41) is 2.95. The molecule has 0 aromatic heterocycles. The van der Waals surface area contributed by atoms with E-state index < -0.39 is 25.9 Å². The molecule has 0 amide bonds. The van der Waals surface area contributed by atoms with E-state index in [0.29, 0.717) is 11.8 Å². The first-order valence-electron chi connectivity index (χ1n) is 20.4. The van der Waals surface area contributed by atoms with Gasteiger partial charge in [-0.25, -0.2) is 0 Å². The van der Waals surface area contributed by atoms with Crippen LogP contribution in [0.15, 0.2) is 126 Å². The number of aryl methyl sites for hydroxylation is 2. The van der Waals surface area contributed by atoms with Gasteiger partial charge in [-0.05, 0) is 0 Å². The molecule has 9 rings (SSSR count). The monoisotopic (exact) mass is 863 g/mol. The van der Waals surface area contributed by atoms with Gasteiger partial charge in [0.2, 0.25) is 0 Å². The van der Waals surface area contributed by atoms with Crippen LogP contribution in [-0.2, 0) is 16.4 Å². The van der Waals surface area contributed by atoms with Gasteiger partial charge in [-0.3, -0.25) is 0 Å². The van der Waals surface area contributed by atoms with Gasteiger partial charge in [-0.1, -0.05) is 0 Å². The first-order chi connectivity index (χ1) is 26.8. The Labute approximate surface area is 344 Å². The molecule has 0 radical (unpaired) electrons. The summed E-state index contributed by atoms with van der Waals surface area (Å²) >= 11 is -5.54. The van der Waals surface area contributed by atoms with Crippen molar-refractivity contribution in [3.05, 3.63) is 171 Å². The number of hydrogen-bond acceptors (Lipinski definition) is 0. The molecule has 0 saturated carbocycles. The summed E-state index contributed by atoms with van der Waals surface area (Å²) in [6, 6.07) is 43.3. The van der Waals surface area contributed by atoms with Gasteiger partial charge < -0.3 is 0 Å². The molecule has 0 saturated heterocycles. The van der Waals surface area contributed by atoms with E-state index in [2.05, 4.69) is 183 Å². The van der Waals surface area contributed by atoms with Crippen molar-refractivity contribution < 1.29 is 16.4 Å². The summed E-state index contributed by atoms with van der Waals surface area (Å²) in [4.78, 5) is 0. The van der Waals surface area contributed by atoms with Gasteiger partial charge in [-0.15, -0.1) is 0 Å². The van der Waals surface area contributed by atoms with Gasteiger partial charge in [0.15, 0.2) is 0 Å². The fourth-order valence-corrected chi connectivity index (χ4v) is 39.8. The minimum atomic E-state index is -5.54. The fraction of sp³-hybridized carbons (Fsp3) is 0.231. The average molecular weight is 866 g/mol. The van der Waals surface area contributed by atoms with E-state index in [1.54, 1.807) is 0 Å². The van der Waals surface area contributed by atoms with Crippen molar-refractivity contribution in [2.45, 2.75) is 74.5 Å². The van der Waals surface area contributed by atoms with Gasteiger partial charge in [0.1, 0.15) is 0 Å². The molecular formula is C52H51Cl2SiZr. The molecule has 3 aliphatic rings. The molecule has 6 aromatic carbocycles. The van der Waals surface area contributed by atoms with Crippen LogP contribution in [0.2, 0.25) is 0 Å². The van der Waals surface area contributed by atoms with Crippen LogP contribution in [0.25, 0.3) is 45.5 Å². The molecule has 281 valence electrons. The van der Waals surface area contributed by atoms with Crippen LogP contribution in [0.4, 0.5) is 0 Å². The number of fused-ring (bicyclic) bond motifs is 5.